The zero-order chi connectivity index (χ0) is 23.5. The first-order valence-corrected chi connectivity index (χ1v) is 11.9. The van der Waals surface area contributed by atoms with Gasteiger partial charge in [-0.15, -0.1) is 5.10 Å². The molecule has 2 aromatic heterocycles. The highest BCUT2D eigenvalue weighted by Gasteiger charge is 2.24. The van der Waals surface area contributed by atoms with Gasteiger partial charge in [0.25, 0.3) is 5.89 Å². The lowest BCUT2D eigenvalue weighted by Gasteiger charge is -2.15. The van der Waals surface area contributed by atoms with Crippen molar-refractivity contribution in [3.63, 3.8) is 0 Å². The van der Waals surface area contributed by atoms with E-state index in [1.165, 1.54) is 6.07 Å². The number of rotatable bonds is 6. The van der Waals surface area contributed by atoms with E-state index >= 15 is 0 Å². The van der Waals surface area contributed by atoms with E-state index in [0.29, 0.717) is 21.6 Å². The van der Waals surface area contributed by atoms with E-state index in [-0.39, 0.29) is 11.9 Å². The molecule has 0 bridgehead atoms. The number of pyridine rings is 1. The molecule has 0 radical (unpaired) electrons. The maximum atomic E-state index is 13.6. The van der Waals surface area contributed by atoms with Crippen molar-refractivity contribution in [2.24, 2.45) is 4.99 Å². The fourth-order valence-corrected chi connectivity index (χ4v) is 3.94. The summed E-state index contributed by atoms with van der Waals surface area (Å²) in [5.74, 6) is -0.0767. The number of nitrogens with one attached hydrogen (secondary N) is 3. The van der Waals surface area contributed by atoms with Crippen molar-refractivity contribution in [3.8, 4) is 11.5 Å². The van der Waals surface area contributed by atoms with Crippen LogP contribution in [0.5, 0.6) is 0 Å². The van der Waals surface area contributed by atoms with Gasteiger partial charge in [0.2, 0.25) is 5.95 Å². The van der Waals surface area contributed by atoms with Gasteiger partial charge in [-0.3, -0.25) is 4.99 Å². The van der Waals surface area contributed by atoms with Crippen LogP contribution in [0.4, 0.5) is 21.9 Å². The van der Waals surface area contributed by atoms with E-state index < -0.39 is 12.1 Å². The number of aliphatic imine (C=N–C) groups is 1. The van der Waals surface area contributed by atoms with Gasteiger partial charge in [0.05, 0.1) is 21.5 Å². The minimum Gasteiger partial charge on any atom is -0.403 e. The molecule has 170 valence electrons. The molecule has 0 fully saturated rings. The van der Waals surface area contributed by atoms with Crippen LogP contribution >= 0.6 is 22.6 Å². The first kappa shape index (κ1) is 22.0. The molecular formula is C24H19FIN7O. The average Bonchev–Trinajstić information content (AvgIpc) is 3.26. The molecule has 3 N–H and O–H groups in total. The summed E-state index contributed by atoms with van der Waals surface area (Å²) in [6.07, 6.45) is -0.589. The van der Waals surface area contributed by atoms with Crippen LogP contribution in [0.3, 0.4) is 0 Å². The topological polar surface area (TPSA) is 100 Å². The minimum absolute atomic E-state index is 0.148. The first-order chi connectivity index (χ1) is 16.6. The highest BCUT2D eigenvalue weighted by Crippen LogP contribution is 2.30. The van der Waals surface area contributed by atoms with E-state index in [1.807, 2.05) is 54.6 Å². The van der Waals surface area contributed by atoms with Crippen LogP contribution in [0, 0.1) is 5.95 Å². The highest BCUT2D eigenvalue weighted by atomic mass is 127. The molecular weight excluding hydrogens is 548 g/mol. The summed E-state index contributed by atoms with van der Waals surface area (Å²) in [5.41, 5.74) is 4.74. The second-order valence-corrected chi connectivity index (χ2v) is 8.10. The highest BCUT2D eigenvalue weighted by molar-refractivity contribution is 14.1. The Morgan fingerprint density at radius 3 is 2.62 bits per heavy atom. The molecule has 0 spiro atoms. The van der Waals surface area contributed by atoms with Crippen molar-refractivity contribution < 1.29 is 8.81 Å². The second kappa shape index (κ2) is 9.59. The number of hydrogen-bond acceptors (Lipinski definition) is 8. The number of anilines is 3. The summed E-state index contributed by atoms with van der Waals surface area (Å²) in [6.45, 7) is 4.16. The van der Waals surface area contributed by atoms with Crippen LogP contribution in [-0.2, 0) is 0 Å². The summed E-state index contributed by atoms with van der Waals surface area (Å²) in [7, 11) is 0. The Balaban J connectivity index is 1.49. The standard InChI is InChI=1S/C24H19FIN7O/c1-14-21(30-20(15-7-3-2-4-8-15)16-9-5-6-10-18(16)28-14)31-24-33-32-23(34-24)17-11-12-19(25)29-22(17)27-13-26/h2-12,21,28H,1,13H2,(H,27,29)(H,31,33). The van der Waals surface area contributed by atoms with Crippen molar-refractivity contribution in [1.29, 1.82) is 0 Å². The number of hydrogen-bond donors (Lipinski definition) is 3. The summed E-state index contributed by atoms with van der Waals surface area (Å²) in [6, 6.07) is 20.8. The lowest BCUT2D eigenvalue weighted by molar-refractivity contribution is 0.571. The van der Waals surface area contributed by atoms with Gasteiger partial charge in [0.15, 0.2) is 6.17 Å². The van der Waals surface area contributed by atoms with Gasteiger partial charge in [0, 0.05) is 16.8 Å². The van der Waals surface area contributed by atoms with Crippen molar-refractivity contribution >= 4 is 45.8 Å². The van der Waals surface area contributed by atoms with Crippen molar-refractivity contribution in [3.05, 3.63) is 96.1 Å². The average molecular weight is 567 g/mol. The zero-order valence-corrected chi connectivity index (χ0v) is 20.0. The third-order valence-corrected chi connectivity index (χ3v) is 5.51. The smallest absolute Gasteiger partial charge is 0.317 e. The second-order valence-electron chi connectivity index (χ2n) is 7.34. The molecule has 1 unspecified atom stereocenters. The maximum Gasteiger partial charge on any atom is 0.317 e. The third kappa shape index (κ3) is 4.49. The Kier molecular flexibility index (Phi) is 6.21. The van der Waals surface area contributed by atoms with Crippen LogP contribution in [0.25, 0.3) is 11.5 Å². The van der Waals surface area contributed by atoms with Gasteiger partial charge in [-0.2, -0.15) is 4.39 Å². The fourth-order valence-electron chi connectivity index (χ4n) is 3.58. The van der Waals surface area contributed by atoms with Crippen LogP contribution in [0.2, 0.25) is 0 Å². The Morgan fingerprint density at radius 1 is 1.00 bits per heavy atom. The molecule has 34 heavy (non-hydrogen) atoms. The van der Waals surface area contributed by atoms with Gasteiger partial charge in [-0.25, -0.2) is 4.98 Å². The largest absolute Gasteiger partial charge is 0.403 e. The molecule has 10 heteroatoms. The van der Waals surface area contributed by atoms with Gasteiger partial charge in [-0.05, 0) is 18.2 Å². The molecule has 0 amide bonds. The summed E-state index contributed by atoms with van der Waals surface area (Å²) >= 11 is 2.11. The van der Waals surface area contributed by atoms with Crippen molar-refractivity contribution in [2.75, 3.05) is 20.5 Å². The van der Waals surface area contributed by atoms with Gasteiger partial charge < -0.3 is 20.4 Å². The molecule has 0 saturated heterocycles. The number of aromatic nitrogens is 3. The number of nitrogens with zero attached hydrogens (tertiary/aromatic N) is 4. The van der Waals surface area contributed by atoms with Crippen LogP contribution in [-0.4, -0.2) is 31.6 Å². The molecule has 4 aromatic rings. The van der Waals surface area contributed by atoms with Crippen molar-refractivity contribution in [1.82, 2.24) is 15.2 Å². The monoisotopic (exact) mass is 567 g/mol. The molecule has 1 aliphatic rings. The molecule has 1 atom stereocenters. The van der Waals surface area contributed by atoms with Gasteiger partial charge in [-0.1, -0.05) is 82.8 Å². The number of alkyl halides is 1. The number of benzene rings is 2. The minimum atomic E-state index is -0.600. The van der Waals surface area contributed by atoms with Gasteiger partial charge in [0.1, 0.15) is 5.82 Å². The van der Waals surface area contributed by atoms with Crippen molar-refractivity contribution in [2.45, 2.75) is 6.17 Å². The van der Waals surface area contributed by atoms with E-state index in [1.54, 1.807) is 6.07 Å². The first-order valence-electron chi connectivity index (χ1n) is 10.4. The normalized spacial score (nSPS) is 15.1. The zero-order valence-electron chi connectivity index (χ0n) is 17.8. The van der Waals surface area contributed by atoms with Crippen LogP contribution in [0.15, 0.2) is 88.4 Å². The molecule has 0 aliphatic carbocycles. The van der Waals surface area contributed by atoms with E-state index in [2.05, 4.69) is 60.3 Å². The van der Waals surface area contributed by atoms with E-state index in [0.717, 1.165) is 22.5 Å². The number of para-hydroxylation sites is 1. The summed E-state index contributed by atoms with van der Waals surface area (Å²) in [4.78, 5) is 8.82. The molecule has 5 rings (SSSR count). The fraction of sp³-hybridized carbons (Fsp3) is 0.0833. The maximum absolute atomic E-state index is 13.6. The Bertz CT molecular complexity index is 1370. The lowest BCUT2D eigenvalue weighted by atomic mass is 10.0. The van der Waals surface area contributed by atoms with E-state index in [9.17, 15) is 4.39 Å². The van der Waals surface area contributed by atoms with E-state index in [4.69, 9.17) is 9.41 Å². The molecule has 2 aromatic carbocycles. The Hall–Kier alpha value is -3.80. The molecule has 1 aliphatic heterocycles. The summed E-state index contributed by atoms with van der Waals surface area (Å²) < 4.78 is 20.0. The predicted molar refractivity (Wildman–Crippen MR) is 139 cm³/mol. The predicted octanol–water partition coefficient (Wildman–Crippen LogP) is 5.29. The molecule has 0 saturated carbocycles. The Labute approximate surface area is 208 Å². The third-order valence-electron chi connectivity index (χ3n) is 5.12. The van der Waals surface area contributed by atoms with Gasteiger partial charge >= 0.3 is 6.01 Å². The van der Waals surface area contributed by atoms with Crippen LogP contribution in [0.1, 0.15) is 11.1 Å². The quantitative estimate of drug-likeness (QED) is 0.126. The number of halogens is 2. The SMILES string of the molecule is C=C1Nc2ccccc2C(c2ccccc2)=NC1Nc1nnc(-c2ccc(F)nc2NCI)o1. The molecule has 3 heterocycles. The Morgan fingerprint density at radius 2 is 1.79 bits per heavy atom. The number of fused-ring (bicyclic) bond motifs is 1. The lowest BCUT2D eigenvalue weighted by Crippen LogP contribution is -2.23. The van der Waals surface area contributed by atoms with Crippen LogP contribution < -0.4 is 16.0 Å². The summed E-state index contributed by atoms with van der Waals surface area (Å²) in [5, 5.41) is 17.7. The molecule has 8 nitrogen and oxygen atoms in total. The number of benzodiazepines with no additional fused rings is 1.